The van der Waals surface area contributed by atoms with Crippen molar-refractivity contribution in [2.75, 3.05) is 12.3 Å². The van der Waals surface area contributed by atoms with Gasteiger partial charge in [0.2, 0.25) is 0 Å². The van der Waals surface area contributed by atoms with Crippen molar-refractivity contribution < 1.29 is 18.3 Å². The standard InChI is InChI=1S/C12H14ClF3N2O/c13-9-4-6(10(19)5-18-7-1-2-7)3-8(11(9)17)12(14,15)16/h3-4,7,10,18-19H,1-2,5,17H2. The highest BCUT2D eigenvalue weighted by Crippen LogP contribution is 2.38. The Morgan fingerprint density at radius 1 is 1.42 bits per heavy atom. The van der Waals surface area contributed by atoms with E-state index in [0.717, 1.165) is 18.9 Å². The highest BCUT2D eigenvalue weighted by atomic mass is 35.5. The molecular formula is C12H14ClF3N2O. The highest BCUT2D eigenvalue weighted by molar-refractivity contribution is 6.33. The number of rotatable bonds is 4. The maximum absolute atomic E-state index is 12.8. The zero-order valence-corrected chi connectivity index (χ0v) is 10.7. The van der Waals surface area contributed by atoms with Crippen LogP contribution in [0.2, 0.25) is 5.02 Å². The molecule has 1 fully saturated rings. The number of nitrogens with one attached hydrogen (secondary N) is 1. The summed E-state index contributed by atoms with van der Waals surface area (Å²) < 4.78 is 38.3. The van der Waals surface area contributed by atoms with Gasteiger partial charge in [-0.05, 0) is 30.5 Å². The van der Waals surface area contributed by atoms with Crippen molar-refractivity contribution in [1.29, 1.82) is 0 Å². The maximum Gasteiger partial charge on any atom is 0.418 e. The lowest BCUT2D eigenvalue weighted by Crippen LogP contribution is -2.23. The number of nitrogens with two attached hydrogens (primary N) is 1. The Morgan fingerprint density at radius 3 is 2.58 bits per heavy atom. The van der Waals surface area contributed by atoms with Crippen LogP contribution in [-0.2, 0) is 6.18 Å². The van der Waals surface area contributed by atoms with E-state index in [2.05, 4.69) is 5.32 Å². The first-order chi connectivity index (χ1) is 8.79. The van der Waals surface area contributed by atoms with Gasteiger partial charge in [-0.2, -0.15) is 13.2 Å². The van der Waals surface area contributed by atoms with Gasteiger partial charge in [-0.3, -0.25) is 0 Å². The lowest BCUT2D eigenvalue weighted by atomic mass is 10.0. The maximum atomic E-state index is 12.8. The number of aliphatic hydroxyl groups is 1. The normalized spacial score (nSPS) is 17.5. The van der Waals surface area contributed by atoms with E-state index in [1.165, 1.54) is 6.07 Å². The molecule has 0 heterocycles. The Hall–Kier alpha value is -0.980. The molecule has 19 heavy (non-hydrogen) atoms. The summed E-state index contributed by atoms with van der Waals surface area (Å²) in [5, 5.41) is 12.7. The summed E-state index contributed by atoms with van der Waals surface area (Å²) in [5.74, 6) is 0. The monoisotopic (exact) mass is 294 g/mol. The summed E-state index contributed by atoms with van der Waals surface area (Å²) in [6, 6.07) is 2.48. The molecule has 0 radical (unpaired) electrons. The molecule has 0 bridgehead atoms. The van der Waals surface area contributed by atoms with Gasteiger partial charge in [-0.25, -0.2) is 0 Å². The molecule has 7 heteroatoms. The molecule has 1 aromatic rings. The first-order valence-electron chi connectivity index (χ1n) is 5.86. The average Bonchev–Trinajstić information content (AvgIpc) is 3.11. The van der Waals surface area contributed by atoms with E-state index in [1.807, 2.05) is 0 Å². The van der Waals surface area contributed by atoms with Crippen molar-refractivity contribution in [3.05, 3.63) is 28.3 Å². The van der Waals surface area contributed by atoms with E-state index < -0.39 is 23.5 Å². The molecule has 0 aromatic heterocycles. The Morgan fingerprint density at radius 2 is 2.05 bits per heavy atom. The minimum atomic E-state index is -4.59. The van der Waals surface area contributed by atoms with Crippen molar-refractivity contribution in [1.82, 2.24) is 5.32 Å². The predicted octanol–water partition coefficient (Wildman–Crippen LogP) is 2.73. The molecule has 0 spiro atoms. The van der Waals surface area contributed by atoms with Gasteiger partial charge in [0.25, 0.3) is 0 Å². The molecule has 0 saturated heterocycles. The fourth-order valence-corrected chi connectivity index (χ4v) is 1.98. The number of aliphatic hydroxyl groups excluding tert-OH is 1. The number of benzene rings is 1. The molecule has 106 valence electrons. The van der Waals surface area contributed by atoms with E-state index in [1.54, 1.807) is 0 Å². The van der Waals surface area contributed by atoms with Gasteiger partial charge >= 0.3 is 6.18 Å². The van der Waals surface area contributed by atoms with E-state index in [4.69, 9.17) is 17.3 Å². The van der Waals surface area contributed by atoms with Gasteiger partial charge in [-0.1, -0.05) is 11.6 Å². The van der Waals surface area contributed by atoms with Crippen molar-refractivity contribution in [3.63, 3.8) is 0 Å². The molecule has 1 aliphatic carbocycles. The molecule has 1 aliphatic rings. The average molecular weight is 295 g/mol. The number of nitrogen functional groups attached to an aromatic ring is 1. The van der Waals surface area contributed by atoms with Crippen LogP contribution in [0.5, 0.6) is 0 Å². The van der Waals surface area contributed by atoms with Crippen LogP contribution in [-0.4, -0.2) is 17.7 Å². The smallest absolute Gasteiger partial charge is 0.397 e. The second-order valence-corrected chi connectivity index (χ2v) is 5.07. The minimum Gasteiger partial charge on any atom is -0.397 e. The molecule has 0 aliphatic heterocycles. The third kappa shape index (κ3) is 3.52. The number of alkyl halides is 3. The Labute approximate surface area is 113 Å². The number of halogens is 4. The lowest BCUT2D eigenvalue weighted by molar-refractivity contribution is -0.137. The number of hydrogen-bond acceptors (Lipinski definition) is 3. The first-order valence-corrected chi connectivity index (χ1v) is 6.24. The largest absolute Gasteiger partial charge is 0.418 e. The van der Waals surface area contributed by atoms with Crippen LogP contribution in [0.3, 0.4) is 0 Å². The van der Waals surface area contributed by atoms with E-state index >= 15 is 0 Å². The molecule has 1 atom stereocenters. The van der Waals surface area contributed by atoms with Crippen LogP contribution in [0.15, 0.2) is 12.1 Å². The van der Waals surface area contributed by atoms with Gasteiger partial charge < -0.3 is 16.2 Å². The van der Waals surface area contributed by atoms with Crippen LogP contribution in [0.4, 0.5) is 18.9 Å². The molecular weight excluding hydrogens is 281 g/mol. The summed E-state index contributed by atoms with van der Waals surface area (Å²) in [6.45, 7) is 0.197. The third-order valence-electron chi connectivity index (χ3n) is 3.02. The fourth-order valence-electron chi connectivity index (χ4n) is 1.75. The van der Waals surface area contributed by atoms with Crippen LogP contribution >= 0.6 is 11.6 Å². The fraction of sp³-hybridized carbons (Fsp3) is 0.500. The van der Waals surface area contributed by atoms with Crippen LogP contribution in [0, 0.1) is 0 Å². The number of hydrogen-bond donors (Lipinski definition) is 3. The zero-order chi connectivity index (χ0) is 14.2. The van der Waals surface area contributed by atoms with Crippen LogP contribution in [0.25, 0.3) is 0 Å². The topological polar surface area (TPSA) is 58.3 Å². The summed E-state index contributed by atoms with van der Waals surface area (Å²) >= 11 is 5.69. The number of anilines is 1. The zero-order valence-electron chi connectivity index (χ0n) is 9.97. The van der Waals surface area contributed by atoms with Crippen molar-refractivity contribution in [3.8, 4) is 0 Å². The molecule has 3 nitrogen and oxygen atoms in total. The van der Waals surface area contributed by atoms with E-state index in [-0.39, 0.29) is 17.1 Å². The highest BCUT2D eigenvalue weighted by Gasteiger charge is 2.34. The Bertz CT molecular complexity index is 475. The van der Waals surface area contributed by atoms with Crippen LogP contribution in [0.1, 0.15) is 30.1 Å². The van der Waals surface area contributed by atoms with Gasteiger partial charge in [0, 0.05) is 12.6 Å². The van der Waals surface area contributed by atoms with E-state index in [9.17, 15) is 18.3 Å². The molecule has 1 unspecified atom stereocenters. The van der Waals surface area contributed by atoms with E-state index in [0.29, 0.717) is 6.04 Å². The van der Waals surface area contributed by atoms with Gasteiger partial charge in [0.05, 0.1) is 22.4 Å². The predicted molar refractivity (Wildman–Crippen MR) is 66.9 cm³/mol. The summed E-state index contributed by atoms with van der Waals surface area (Å²) in [5.41, 5.74) is 3.90. The van der Waals surface area contributed by atoms with Gasteiger partial charge in [0.1, 0.15) is 0 Å². The molecule has 2 rings (SSSR count). The molecule has 0 amide bonds. The summed E-state index contributed by atoms with van der Waals surface area (Å²) in [6.07, 6.45) is -3.57. The Balaban J connectivity index is 2.22. The minimum absolute atomic E-state index is 0.111. The van der Waals surface area contributed by atoms with Gasteiger partial charge in [0.15, 0.2) is 0 Å². The first kappa shape index (κ1) is 14.4. The second kappa shape index (κ2) is 5.19. The van der Waals surface area contributed by atoms with Crippen LogP contribution < -0.4 is 11.1 Å². The Kier molecular flexibility index (Phi) is 3.94. The lowest BCUT2D eigenvalue weighted by Gasteiger charge is -2.17. The molecule has 1 saturated carbocycles. The quantitative estimate of drug-likeness (QED) is 0.748. The van der Waals surface area contributed by atoms with Crippen molar-refractivity contribution in [2.24, 2.45) is 0 Å². The third-order valence-corrected chi connectivity index (χ3v) is 3.33. The molecule has 4 N–H and O–H groups in total. The molecule has 1 aromatic carbocycles. The summed E-state index contributed by atoms with van der Waals surface area (Å²) in [7, 11) is 0. The van der Waals surface area contributed by atoms with Crippen molar-refractivity contribution in [2.45, 2.75) is 31.2 Å². The van der Waals surface area contributed by atoms with Crippen molar-refractivity contribution >= 4 is 17.3 Å². The SMILES string of the molecule is Nc1c(Cl)cc(C(O)CNC2CC2)cc1C(F)(F)F. The summed E-state index contributed by atoms with van der Waals surface area (Å²) in [4.78, 5) is 0. The second-order valence-electron chi connectivity index (χ2n) is 4.66. The van der Waals surface area contributed by atoms with Gasteiger partial charge in [-0.15, -0.1) is 0 Å².